The van der Waals surface area contributed by atoms with Gasteiger partial charge in [-0.05, 0) is 37.1 Å². The molecule has 4 rings (SSSR count). The first-order valence-corrected chi connectivity index (χ1v) is 10.5. The minimum atomic E-state index is -0.347. The molecule has 5 heteroatoms. The maximum atomic E-state index is 10.9. The van der Waals surface area contributed by atoms with E-state index >= 15 is 0 Å². The van der Waals surface area contributed by atoms with Crippen LogP contribution in [0.15, 0.2) is 54.6 Å². The van der Waals surface area contributed by atoms with Gasteiger partial charge in [0.2, 0.25) is 0 Å². The van der Waals surface area contributed by atoms with E-state index in [0.717, 1.165) is 50.3 Å². The summed E-state index contributed by atoms with van der Waals surface area (Å²) in [5.74, 6) is 7.12. The van der Waals surface area contributed by atoms with Gasteiger partial charge in [0.05, 0.1) is 10.5 Å². The first kappa shape index (κ1) is 19.5. The van der Waals surface area contributed by atoms with Crippen LogP contribution in [-0.4, -0.2) is 41.5 Å². The number of hydrogen-bond acceptors (Lipinski definition) is 4. The van der Waals surface area contributed by atoms with Gasteiger partial charge >= 0.3 is 0 Å². The SMILES string of the molecule is O=[N+]([O-])c1ccc(N2CCN(C3(C#Cc4ccccc4)CCCCC3)CC2)cc1. The van der Waals surface area contributed by atoms with Crippen LogP contribution in [0.2, 0.25) is 0 Å². The lowest BCUT2D eigenvalue weighted by molar-refractivity contribution is -0.384. The summed E-state index contributed by atoms with van der Waals surface area (Å²) in [6, 6.07) is 17.2. The van der Waals surface area contributed by atoms with Crippen molar-refractivity contribution in [2.75, 3.05) is 31.1 Å². The Kier molecular flexibility index (Phi) is 5.82. The number of piperazine rings is 1. The van der Waals surface area contributed by atoms with Crippen LogP contribution in [0.5, 0.6) is 0 Å². The number of rotatable bonds is 3. The predicted octanol–water partition coefficient (Wildman–Crippen LogP) is 4.47. The highest BCUT2D eigenvalue weighted by Crippen LogP contribution is 2.34. The van der Waals surface area contributed by atoms with Gasteiger partial charge in [-0.3, -0.25) is 15.0 Å². The van der Waals surface area contributed by atoms with Gasteiger partial charge < -0.3 is 4.90 Å². The van der Waals surface area contributed by atoms with Gasteiger partial charge in [0.1, 0.15) is 0 Å². The quantitative estimate of drug-likeness (QED) is 0.441. The van der Waals surface area contributed by atoms with Gasteiger partial charge in [0, 0.05) is 49.6 Å². The molecule has 0 aromatic heterocycles. The normalized spacial score (nSPS) is 19.2. The largest absolute Gasteiger partial charge is 0.369 e. The van der Waals surface area contributed by atoms with E-state index in [-0.39, 0.29) is 16.1 Å². The van der Waals surface area contributed by atoms with E-state index in [1.807, 2.05) is 30.3 Å². The molecule has 0 N–H and O–H groups in total. The number of nitrogens with zero attached hydrogens (tertiary/aromatic N) is 3. The fraction of sp³-hybridized carbons (Fsp3) is 0.417. The number of anilines is 1. The van der Waals surface area contributed by atoms with E-state index in [2.05, 4.69) is 33.8 Å². The van der Waals surface area contributed by atoms with Crippen LogP contribution < -0.4 is 4.90 Å². The Morgan fingerprint density at radius 3 is 2.14 bits per heavy atom. The van der Waals surface area contributed by atoms with E-state index in [4.69, 9.17) is 0 Å². The summed E-state index contributed by atoms with van der Waals surface area (Å²) in [6.07, 6.45) is 6.07. The molecule has 0 atom stereocenters. The van der Waals surface area contributed by atoms with Crippen LogP contribution in [0.4, 0.5) is 11.4 Å². The van der Waals surface area contributed by atoms with Crippen molar-refractivity contribution in [2.24, 2.45) is 0 Å². The van der Waals surface area contributed by atoms with Crippen LogP contribution in [-0.2, 0) is 0 Å². The monoisotopic (exact) mass is 389 g/mol. The Hall–Kier alpha value is -2.84. The molecular weight excluding hydrogens is 362 g/mol. The van der Waals surface area contributed by atoms with Gasteiger partial charge in [0.25, 0.3) is 5.69 Å². The first-order valence-electron chi connectivity index (χ1n) is 10.5. The third kappa shape index (κ3) is 4.44. The molecule has 0 bridgehead atoms. The van der Waals surface area contributed by atoms with Crippen LogP contribution in [0.25, 0.3) is 0 Å². The lowest BCUT2D eigenvalue weighted by Crippen LogP contribution is -2.57. The molecule has 1 aliphatic heterocycles. The van der Waals surface area contributed by atoms with E-state index in [0.29, 0.717) is 0 Å². The standard InChI is InChI=1S/C24H27N3O2/c28-27(29)23-11-9-22(10-12-23)25-17-19-26(20-18-25)24(14-5-2-6-15-24)16-13-21-7-3-1-4-8-21/h1,3-4,7-12H,2,5-6,14-15,17-20H2. The van der Waals surface area contributed by atoms with E-state index in [1.54, 1.807) is 12.1 Å². The highest BCUT2D eigenvalue weighted by Gasteiger charge is 2.38. The lowest BCUT2D eigenvalue weighted by Gasteiger charge is -2.47. The fourth-order valence-corrected chi connectivity index (χ4v) is 4.54. The Morgan fingerprint density at radius 1 is 0.862 bits per heavy atom. The number of nitro benzene ring substituents is 1. The Labute approximate surface area is 172 Å². The highest BCUT2D eigenvalue weighted by atomic mass is 16.6. The molecule has 2 aromatic carbocycles. The third-order valence-corrected chi connectivity index (χ3v) is 6.20. The molecule has 0 radical (unpaired) electrons. The van der Waals surface area contributed by atoms with Crippen molar-refractivity contribution in [2.45, 2.75) is 37.6 Å². The van der Waals surface area contributed by atoms with Gasteiger partial charge in [-0.25, -0.2) is 0 Å². The molecule has 1 heterocycles. The van der Waals surface area contributed by atoms with E-state index in [1.165, 1.54) is 19.3 Å². The summed E-state index contributed by atoms with van der Waals surface area (Å²) < 4.78 is 0. The maximum Gasteiger partial charge on any atom is 0.269 e. The fourth-order valence-electron chi connectivity index (χ4n) is 4.54. The molecule has 0 amide bonds. The van der Waals surface area contributed by atoms with Gasteiger partial charge in [-0.1, -0.05) is 49.3 Å². The van der Waals surface area contributed by atoms with E-state index < -0.39 is 0 Å². The summed E-state index contributed by atoms with van der Waals surface area (Å²) in [5, 5.41) is 10.9. The van der Waals surface area contributed by atoms with Gasteiger partial charge in [-0.15, -0.1) is 0 Å². The van der Waals surface area contributed by atoms with Crippen LogP contribution in [0, 0.1) is 22.0 Å². The second-order valence-electron chi connectivity index (χ2n) is 7.96. The molecule has 1 saturated carbocycles. The third-order valence-electron chi connectivity index (χ3n) is 6.20. The van der Waals surface area contributed by atoms with Crippen LogP contribution in [0.3, 0.4) is 0 Å². The molecule has 29 heavy (non-hydrogen) atoms. The second-order valence-corrected chi connectivity index (χ2v) is 7.96. The summed E-state index contributed by atoms with van der Waals surface area (Å²) in [6.45, 7) is 3.79. The predicted molar refractivity (Wildman–Crippen MR) is 116 cm³/mol. The molecule has 0 spiro atoms. The Bertz CT molecular complexity index is 885. The van der Waals surface area contributed by atoms with Crippen molar-refractivity contribution in [3.05, 3.63) is 70.3 Å². The second kappa shape index (κ2) is 8.67. The van der Waals surface area contributed by atoms with Crippen molar-refractivity contribution >= 4 is 11.4 Å². The zero-order valence-electron chi connectivity index (χ0n) is 16.7. The number of hydrogen-bond donors (Lipinski definition) is 0. The number of benzene rings is 2. The van der Waals surface area contributed by atoms with Gasteiger partial charge in [0.15, 0.2) is 0 Å². The summed E-state index contributed by atoms with van der Waals surface area (Å²) in [7, 11) is 0. The van der Waals surface area contributed by atoms with Crippen LogP contribution in [0.1, 0.15) is 37.7 Å². The lowest BCUT2D eigenvalue weighted by atomic mass is 9.80. The van der Waals surface area contributed by atoms with Crippen molar-refractivity contribution in [3.63, 3.8) is 0 Å². The summed E-state index contributed by atoms with van der Waals surface area (Å²) in [5.41, 5.74) is 2.27. The van der Waals surface area contributed by atoms with Gasteiger partial charge in [-0.2, -0.15) is 0 Å². The first-order chi connectivity index (χ1) is 14.2. The Morgan fingerprint density at radius 2 is 1.52 bits per heavy atom. The highest BCUT2D eigenvalue weighted by molar-refractivity contribution is 5.51. The number of non-ortho nitro benzene ring substituents is 1. The van der Waals surface area contributed by atoms with Crippen molar-refractivity contribution in [3.8, 4) is 11.8 Å². The topological polar surface area (TPSA) is 49.6 Å². The summed E-state index contributed by atoms with van der Waals surface area (Å²) in [4.78, 5) is 15.4. The molecule has 150 valence electrons. The smallest absolute Gasteiger partial charge is 0.269 e. The number of nitro groups is 1. The average Bonchev–Trinajstić information content (AvgIpc) is 2.79. The average molecular weight is 389 g/mol. The molecule has 1 aliphatic carbocycles. The molecular formula is C24H27N3O2. The molecule has 1 saturated heterocycles. The minimum Gasteiger partial charge on any atom is -0.369 e. The molecule has 2 fully saturated rings. The molecule has 5 nitrogen and oxygen atoms in total. The zero-order valence-corrected chi connectivity index (χ0v) is 16.7. The van der Waals surface area contributed by atoms with Crippen LogP contribution >= 0.6 is 0 Å². The summed E-state index contributed by atoms with van der Waals surface area (Å²) >= 11 is 0. The Balaban J connectivity index is 1.47. The maximum absolute atomic E-state index is 10.9. The molecule has 2 aromatic rings. The molecule has 2 aliphatic rings. The van der Waals surface area contributed by atoms with Crippen molar-refractivity contribution < 1.29 is 4.92 Å². The molecule has 0 unspecified atom stereocenters. The van der Waals surface area contributed by atoms with E-state index in [9.17, 15) is 10.1 Å². The minimum absolute atomic E-state index is 0.0182. The zero-order chi connectivity index (χ0) is 20.1. The van der Waals surface area contributed by atoms with Crippen molar-refractivity contribution in [1.82, 2.24) is 4.90 Å². The van der Waals surface area contributed by atoms with Crippen molar-refractivity contribution in [1.29, 1.82) is 0 Å².